The first kappa shape index (κ1) is 15.3. The van der Waals surface area contributed by atoms with E-state index in [4.69, 9.17) is 24.5 Å². The first-order valence-corrected chi connectivity index (χ1v) is 6.59. The molecule has 0 saturated carbocycles. The molecule has 7 nitrogen and oxygen atoms in total. The highest BCUT2D eigenvalue weighted by Gasteiger charge is 2.18. The lowest BCUT2D eigenvalue weighted by molar-refractivity contribution is 0.130. The lowest BCUT2D eigenvalue weighted by atomic mass is 10.2. The second kappa shape index (κ2) is 7.05. The summed E-state index contributed by atoms with van der Waals surface area (Å²) in [5, 5.41) is 3.89. The summed E-state index contributed by atoms with van der Waals surface area (Å²) in [6.07, 6.45) is 0. The zero-order valence-corrected chi connectivity index (χ0v) is 12.3. The van der Waals surface area contributed by atoms with Gasteiger partial charge in [0.05, 0.1) is 32.4 Å². The van der Waals surface area contributed by atoms with Crippen molar-refractivity contribution >= 4 is 0 Å². The second-order valence-corrected chi connectivity index (χ2v) is 4.29. The maximum atomic E-state index is 5.93. The normalized spacial score (nSPS) is 12.2. The number of ether oxygens (including phenoxy) is 3. The van der Waals surface area contributed by atoms with E-state index in [0.717, 1.165) is 0 Å². The van der Waals surface area contributed by atoms with Crippen LogP contribution >= 0.6 is 0 Å². The molecular weight excluding hydrogens is 274 g/mol. The number of nitrogens with zero attached hydrogens (tertiary/aromatic N) is 2. The van der Waals surface area contributed by atoms with E-state index in [9.17, 15) is 0 Å². The van der Waals surface area contributed by atoms with E-state index < -0.39 is 6.04 Å². The van der Waals surface area contributed by atoms with E-state index in [1.54, 1.807) is 32.4 Å². The molecule has 0 fully saturated rings. The summed E-state index contributed by atoms with van der Waals surface area (Å²) in [5.41, 5.74) is 6.61. The third kappa shape index (κ3) is 3.50. The molecule has 1 aromatic carbocycles. The van der Waals surface area contributed by atoms with Crippen molar-refractivity contribution in [2.24, 2.45) is 5.73 Å². The number of hydrogen-bond donors (Lipinski definition) is 1. The summed E-state index contributed by atoms with van der Waals surface area (Å²) >= 11 is 0. The number of hydrogen-bond acceptors (Lipinski definition) is 7. The van der Waals surface area contributed by atoms with E-state index in [1.807, 2.05) is 6.92 Å². The van der Waals surface area contributed by atoms with Crippen LogP contribution in [0.5, 0.6) is 11.5 Å². The summed E-state index contributed by atoms with van der Waals surface area (Å²) in [6.45, 7) is 2.83. The molecule has 0 bridgehead atoms. The SMILES string of the molecule is CCOCC(N)c1noc(-c2ccc(OC)cc2OC)n1. The van der Waals surface area contributed by atoms with E-state index in [1.165, 1.54) is 0 Å². The van der Waals surface area contributed by atoms with Crippen LogP contribution in [0.1, 0.15) is 18.8 Å². The summed E-state index contributed by atoms with van der Waals surface area (Å²) < 4.78 is 21.0. The predicted molar refractivity (Wildman–Crippen MR) is 76.3 cm³/mol. The first-order chi connectivity index (χ1) is 10.2. The van der Waals surface area contributed by atoms with Crippen LogP contribution in [-0.2, 0) is 4.74 Å². The standard InChI is InChI=1S/C14H19N3O4/c1-4-20-8-11(15)13-16-14(21-17-13)10-6-5-9(18-2)7-12(10)19-3/h5-7,11H,4,8,15H2,1-3H3. The third-order valence-electron chi connectivity index (χ3n) is 2.91. The largest absolute Gasteiger partial charge is 0.497 e. The predicted octanol–water partition coefficient (Wildman–Crippen LogP) is 1.79. The van der Waals surface area contributed by atoms with Gasteiger partial charge < -0.3 is 24.5 Å². The van der Waals surface area contributed by atoms with Gasteiger partial charge in [-0.2, -0.15) is 4.98 Å². The molecule has 7 heteroatoms. The van der Waals surface area contributed by atoms with Crippen LogP contribution in [0.4, 0.5) is 0 Å². The second-order valence-electron chi connectivity index (χ2n) is 4.29. The Balaban J connectivity index is 2.24. The van der Waals surface area contributed by atoms with Gasteiger partial charge in [-0.15, -0.1) is 0 Å². The van der Waals surface area contributed by atoms with Crippen molar-refractivity contribution < 1.29 is 18.7 Å². The van der Waals surface area contributed by atoms with Gasteiger partial charge in [0.1, 0.15) is 11.5 Å². The van der Waals surface area contributed by atoms with Crippen molar-refractivity contribution in [1.29, 1.82) is 0 Å². The highest BCUT2D eigenvalue weighted by molar-refractivity contribution is 5.64. The molecule has 2 rings (SSSR count). The van der Waals surface area contributed by atoms with Gasteiger partial charge in [0.2, 0.25) is 0 Å². The molecule has 0 radical (unpaired) electrons. The van der Waals surface area contributed by atoms with Crippen LogP contribution in [0.3, 0.4) is 0 Å². The van der Waals surface area contributed by atoms with E-state index in [2.05, 4.69) is 10.1 Å². The van der Waals surface area contributed by atoms with Crippen LogP contribution in [0, 0.1) is 0 Å². The van der Waals surface area contributed by atoms with Gasteiger partial charge in [-0.05, 0) is 19.1 Å². The summed E-state index contributed by atoms with van der Waals surface area (Å²) in [5.74, 6) is 2.01. The molecule has 114 valence electrons. The Hall–Kier alpha value is -2.12. The Morgan fingerprint density at radius 1 is 1.29 bits per heavy atom. The summed E-state index contributed by atoms with van der Waals surface area (Å²) in [7, 11) is 3.16. The Bertz CT molecular complexity index is 585. The Labute approximate surface area is 123 Å². The van der Waals surface area contributed by atoms with Crippen molar-refractivity contribution in [1.82, 2.24) is 10.1 Å². The monoisotopic (exact) mass is 293 g/mol. The van der Waals surface area contributed by atoms with Crippen LogP contribution < -0.4 is 15.2 Å². The zero-order valence-electron chi connectivity index (χ0n) is 12.3. The molecule has 2 aromatic rings. The average Bonchev–Trinajstić information content (AvgIpc) is 3.01. The van der Waals surface area contributed by atoms with Gasteiger partial charge in [0, 0.05) is 12.7 Å². The molecule has 1 aromatic heterocycles. The quantitative estimate of drug-likeness (QED) is 0.831. The molecule has 2 N–H and O–H groups in total. The molecule has 1 unspecified atom stereocenters. The number of aromatic nitrogens is 2. The Morgan fingerprint density at radius 3 is 2.76 bits per heavy atom. The Morgan fingerprint density at radius 2 is 2.10 bits per heavy atom. The molecule has 1 atom stereocenters. The maximum Gasteiger partial charge on any atom is 0.261 e. The first-order valence-electron chi connectivity index (χ1n) is 6.59. The van der Waals surface area contributed by atoms with Gasteiger partial charge in [-0.25, -0.2) is 0 Å². The average molecular weight is 293 g/mol. The number of rotatable bonds is 7. The van der Waals surface area contributed by atoms with E-state index in [0.29, 0.717) is 42.0 Å². The van der Waals surface area contributed by atoms with Crippen molar-refractivity contribution in [2.45, 2.75) is 13.0 Å². The molecule has 1 heterocycles. The highest BCUT2D eigenvalue weighted by atomic mass is 16.5. The van der Waals surface area contributed by atoms with E-state index in [-0.39, 0.29) is 0 Å². The van der Waals surface area contributed by atoms with Crippen molar-refractivity contribution in [3.05, 3.63) is 24.0 Å². The minimum Gasteiger partial charge on any atom is -0.497 e. The van der Waals surface area contributed by atoms with Gasteiger partial charge >= 0.3 is 0 Å². The maximum absolute atomic E-state index is 5.93. The zero-order chi connectivity index (χ0) is 15.2. The van der Waals surface area contributed by atoms with Gasteiger partial charge in [-0.3, -0.25) is 0 Å². The summed E-state index contributed by atoms with van der Waals surface area (Å²) in [4.78, 5) is 4.29. The van der Waals surface area contributed by atoms with Crippen LogP contribution in [-0.4, -0.2) is 37.6 Å². The minimum atomic E-state index is -0.424. The topological polar surface area (TPSA) is 92.6 Å². The molecular formula is C14H19N3O4. The highest BCUT2D eigenvalue weighted by Crippen LogP contribution is 2.32. The lowest BCUT2D eigenvalue weighted by Gasteiger charge is -2.07. The van der Waals surface area contributed by atoms with Gasteiger partial charge in [0.15, 0.2) is 5.82 Å². The fraction of sp³-hybridized carbons (Fsp3) is 0.429. The van der Waals surface area contributed by atoms with Crippen molar-refractivity contribution in [3.8, 4) is 23.0 Å². The minimum absolute atomic E-state index is 0.342. The molecule has 0 saturated heterocycles. The smallest absolute Gasteiger partial charge is 0.261 e. The third-order valence-corrected chi connectivity index (χ3v) is 2.91. The van der Waals surface area contributed by atoms with E-state index >= 15 is 0 Å². The van der Waals surface area contributed by atoms with Crippen LogP contribution in [0.25, 0.3) is 11.5 Å². The molecule has 0 aliphatic heterocycles. The van der Waals surface area contributed by atoms with Crippen LogP contribution in [0.15, 0.2) is 22.7 Å². The lowest BCUT2D eigenvalue weighted by Crippen LogP contribution is -2.18. The molecule has 0 amide bonds. The fourth-order valence-corrected chi connectivity index (χ4v) is 1.79. The van der Waals surface area contributed by atoms with Gasteiger partial charge in [0.25, 0.3) is 5.89 Å². The summed E-state index contributed by atoms with van der Waals surface area (Å²) in [6, 6.07) is 4.91. The van der Waals surface area contributed by atoms with Gasteiger partial charge in [-0.1, -0.05) is 5.16 Å². The number of nitrogens with two attached hydrogens (primary N) is 1. The Kier molecular flexibility index (Phi) is 5.13. The molecule has 0 spiro atoms. The van der Waals surface area contributed by atoms with Crippen LogP contribution in [0.2, 0.25) is 0 Å². The van der Waals surface area contributed by atoms with Crippen molar-refractivity contribution in [3.63, 3.8) is 0 Å². The number of benzene rings is 1. The molecule has 21 heavy (non-hydrogen) atoms. The fourth-order valence-electron chi connectivity index (χ4n) is 1.79. The molecule has 0 aliphatic carbocycles. The van der Waals surface area contributed by atoms with Crippen molar-refractivity contribution in [2.75, 3.05) is 27.4 Å². The molecule has 0 aliphatic rings. The number of methoxy groups -OCH3 is 2.